The molecule has 1 aromatic carbocycles. The van der Waals surface area contributed by atoms with Crippen molar-refractivity contribution in [2.45, 2.75) is 33.1 Å². The number of carbonyl (C=O) groups excluding carboxylic acids is 2. The smallest absolute Gasteiger partial charge is 0.224 e. The number of phenolic OH excluding ortho intramolecular Hbond substituents is 2. The summed E-state index contributed by atoms with van der Waals surface area (Å²) in [5, 5.41) is 21.6. The zero-order chi connectivity index (χ0) is 14.9. The van der Waals surface area contributed by atoms with Crippen LogP contribution in [0.2, 0.25) is 0 Å². The number of benzene rings is 1. The fourth-order valence-electron chi connectivity index (χ4n) is 2.20. The molecule has 1 aliphatic rings. The fraction of sp³-hybridized carbons (Fsp3) is 0.333. The Bertz CT molecular complexity index is 617. The first-order valence-electron chi connectivity index (χ1n) is 6.57. The van der Waals surface area contributed by atoms with Crippen molar-refractivity contribution in [3.63, 3.8) is 0 Å². The molecule has 5 heteroatoms. The Morgan fingerprint density at radius 2 is 1.80 bits per heavy atom. The zero-order valence-corrected chi connectivity index (χ0v) is 11.5. The summed E-state index contributed by atoms with van der Waals surface area (Å²) in [7, 11) is 0. The minimum atomic E-state index is -0.344. The van der Waals surface area contributed by atoms with E-state index < -0.39 is 0 Å². The molecule has 1 aliphatic carbocycles. The van der Waals surface area contributed by atoms with E-state index in [1.54, 1.807) is 6.92 Å². The van der Waals surface area contributed by atoms with Gasteiger partial charge in [0.05, 0.1) is 5.70 Å². The van der Waals surface area contributed by atoms with Crippen LogP contribution in [0.25, 0.3) is 5.57 Å². The predicted molar refractivity (Wildman–Crippen MR) is 74.4 cm³/mol. The van der Waals surface area contributed by atoms with Crippen molar-refractivity contribution in [1.29, 1.82) is 0 Å². The molecule has 0 heterocycles. The average molecular weight is 275 g/mol. The third kappa shape index (κ3) is 2.39. The molecule has 5 nitrogen and oxygen atoms in total. The molecule has 0 radical (unpaired) electrons. The molecule has 2 rings (SSSR count). The van der Waals surface area contributed by atoms with E-state index in [9.17, 15) is 19.8 Å². The van der Waals surface area contributed by atoms with Gasteiger partial charge in [-0.25, -0.2) is 0 Å². The minimum Gasteiger partial charge on any atom is -0.504 e. The number of Topliss-reactive ketones (excluding diaryl/α,β-unsaturated/α-hetero) is 1. The van der Waals surface area contributed by atoms with E-state index in [1.807, 2.05) is 6.92 Å². The van der Waals surface area contributed by atoms with Gasteiger partial charge >= 0.3 is 0 Å². The number of allylic oxidation sites excluding steroid dienone is 2. The van der Waals surface area contributed by atoms with E-state index in [0.717, 1.165) is 12.8 Å². The van der Waals surface area contributed by atoms with Crippen molar-refractivity contribution in [3.8, 4) is 11.5 Å². The molecular weight excluding hydrogens is 258 g/mol. The number of amides is 1. The van der Waals surface area contributed by atoms with E-state index in [2.05, 4.69) is 5.32 Å². The summed E-state index contributed by atoms with van der Waals surface area (Å²) in [6.45, 7) is 3.69. The molecule has 0 saturated heterocycles. The van der Waals surface area contributed by atoms with Gasteiger partial charge in [0, 0.05) is 12.0 Å². The Kier molecular flexibility index (Phi) is 3.79. The van der Waals surface area contributed by atoms with Gasteiger partial charge in [-0.05, 0) is 36.6 Å². The first kappa shape index (κ1) is 14.1. The molecule has 1 amide bonds. The van der Waals surface area contributed by atoms with Gasteiger partial charge < -0.3 is 15.5 Å². The summed E-state index contributed by atoms with van der Waals surface area (Å²) in [5.41, 5.74) is 1.66. The second kappa shape index (κ2) is 5.36. The number of nitrogens with one attached hydrogen (secondary N) is 1. The van der Waals surface area contributed by atoms with E-state index in [1.165, 1.54) is 12.1 Å². The van der Waals surface area contributed by atoms with Crippen LogP contribution in [0.5, 0.6) is 11.5 Å². The van der Waals surface area contributed by atoms with Crippen LogP contribution in [0.3, 0.4) is 0 Å². The Morgan fingerprint density at radius 3 is 2.40 bits per heavy atom. The second-order valence-corrected chi connectivity index (χ2v) is 4.87. The standard InChI is InChI=1S/C15H17NO4/c1-3-4-5-13(19)16-14-8(2)9-6-11(17)12(18)7-10(9)15(14)20/h6-7,17-18H,3-5H2,1-2H3,(H,16,19,20). The highest BCUT2D eigenvalue weighted by Crippen LogP contribution is 2.38. The van der Waals surface area contributed by atoms with Crippen molar-refractivity contribution in [3.05, 3.63) is 29.0 Å². The van der Waals surface area contributed by atoms with Crippen LogP contribution in [0, 0.1) is 0 Å². The number of ketones is 1. The largest absolute Gasteiger partial charge is 0.504 e. The highest BCUT2D eigenvalue weighted by molar-refractivity contribution is 6.21. The van der Waals surface area contributed by atoms with Crippen LogP contribution in [0.1, 0.15) is 49.0 Å². The lowest BCUT2D eigenvalue weighted by Gasteiger charge is -2.05. The van der Waals surface area contributed by atoms with Crippen molar-refractivity contribution in [2.24, 2.45) is 0 Å². The SMILES string of the molecule is CCCCC(=O)NC1=C(C)c2cc(O)c(O)cc2C1=O. The lowest BCUT2D eigenvalue weighted by Crippen LogP contribution is -2.25. The van der Waals surface area contributed by atoms with Gasteiger partial charge in [0.15, 0.2) is 11.5 Å². The average Bonchev–Trinajstić information content (AvgIpc) is 2.63. The maximum absolute atomic E-state index is 12.2. The molecule has 20 heavy (non-hydrogen) atoms. The normalized spacial score (nSPS) is 13.6. The van der Waals surface area contributed by atoms with E-state index in [0.29, 0.717) is 23.1 Å². The molecule has 0 fully saturated rings. The highest BCUT2D eigenvalue weighted by Gasteiger charge is 2.29. The predicted octanol–water partition coefficient (Wildman–Crippen LogP) is 2.33. The number of unbranched alkanes of at least 4 members (excludes halogenated alkanes) is 1. The maximum Gasteiger partial charge on any atom is 0.224 e. The molecule has 0 saturated carbocycles. The first-order valence-corrected chi connectivity index (χ1v) is 6.57. The molecule has 0 spiro atoms. The topological polar surface area (TPSA) is 86.6 Å². The third-order valence-electron chi connectivity index (χ3n) is 3.39. The Hall–Kier alpha value is -2.30. The van der Waals surface area contributed by atoms with Crippen LogP contribution in [0.15, 0.2) is 17.8 Å². The molecule has 0 aromatic heterocycles. The van der Waals surface area contributed by atoms with Gasteiger partial charge in [0.2, 0.25) is 11.7 Å². The number of carbonyl (C=O) groups is 2. The van der Waals surface area contributed by atoms with Crippen LogP contribution >= 0.6 is 0 Å². The number of fused-ring (bicyclic) bond motifs is 1. The van der Waals surface area contributed by atoms with Crippen LogP contribution < -0.4 is 5.32 Å². The fourth-order valence-corrected chi connectivity index (χ4v) is 2.20. The molecule has 0 unspecified atom stereocenters. The molecule has 0 bridgehead atoms. The van der Waals surface area contributed by atoms with Crippen molar-refractivity contribution in [1.82, 2.24) is 5.32 Å². The monoisotopic (exact) mass is 275 g/mol. The van der Waals surface area contributed by atoms with Crippen LogP contribution in [-0.4, -0.2) is 21.9 Å². The molecule has 1 aromatic rings. The van der Waals surface area contributed by atoms with E-state index in [-0.39, 0.29) is 28.9 Å². The second-order valence-electron chi connectivity index (χ2n) is 4.87. The summed E-state index contributed by atoms with van der Waals surface area (Å²) < 4.78 is 0. The summed E-state index contributed by atoms with van der Waals surface area (Å²) in [6, 6.07) is 2.56. The zero-order valence-electron chi connectivity index (χ0n) is 11.5. The highest BCUT2D eigenvalue weighted by atomic mass is 16.3. The van der Waals surface area contributed by atoms with E-state index in [4.69, 9.17) is 0 Å². The van der Waals surface area contributed by atoms with Gasteiger partial charge in [0.25, 0.3) is 0 Å². The quantitative estimate of drug-likeness (QED) is 0.736. The molecule has 0 aliphatic heterocycles. The van der Waals surface area contributed by atoms with E-state index >= 15 is 0 Å². The van der Waals surface area contributed by atoms with Gasteiger partial charge in [-0.15, -0.1) is 0 Å². The van der Waals surface area contributed by atoms with Gasteiger partial charge in [-0.2, -0.15) is 0 Å². The molecular formula is C15H17NO4. The van der Waals surface area contributed by atoms with Crippen molar-refractivity contribution in [2.75, 3.05) is 0 Å². The van der Waals surface area contributed by atoms with Crippen LogP contribution in [0.4, 0.5) is 0 Å². The van der Waals surface area contributed by atoms with Gasteiger partial charge in [-0.1, -0.05) is 13.3 Å². The molecule has 106 valence electrons. The summed E-state index contributed by atoms with van der Waals surface area (Å²) in [4.78, 5) is 24.0. The Balaban J connectivity index is 2.28. The number of hydrogen-bond acceptors (Lipinski definition) is 4. The van der Waals surface area contributed by atoms with Crippen molar-refractivity contribution < 1.29 is 19.8 Å². The van der Waals surface area contributed by atoms with Gasteiger partial charge in [0.1, 0.15) is 0 Å². The lowest BCUT2D eigenvalue weighted by atomic mass is 10.1. The van der Waals surface area contributed by atoms with Crippen molar-refractivity contribution >= 4 is 17.3 Å². The summed E-state index contributed by atoms with van der Waals surface area (Å²) in [6.07, 6.45) is 2.04. The minimum absolute atomic E-state index is 0.198. The third-order valence-corrected chi connectivity index (χ3v) is 3.39. The number of hydrogen-bond donors (Lipinski definition) is 3. The molecule has 0 atom stereocenters. The summed E-state index contributed by atoms with van der Waals surface area (Å²) in [5.74, 6) is -1.16. The van der Waals surface area contributed by atoms with Crippen LogP contribution in [-0.2, 0) is 4.79 Å². The number of phenols is 2. The van der Waals surface area contributed by atoms with Gasteiger partial charge in [-0.3, -0.25) is 9.59 Å². The Labute approximate surface area is 116 Å². The Morgan fingerprint density at radius 1 is 1.20 bits per heavy atom. The number of aromatic hydroxyl groups is 2. The molecule has 3 N–H and O–H groups in total. The lowest BCUT2D eigenvalue weighted by molar-refractivity contribution is -0.120. The number of rotatable bonds is 4. The first-order chi connectivity index (χ1) is 9.45. The summed E-state index contributed by atoms with van der Waals surface area (Å²) >= 11 is 0. The maximum atomic E-state index is 12.2.